The van der Waals surface area contributed by atoms with Crippen molar-refractivity contribution in [1.29, 1.82) is 0 Å². The highest BCUT2D eigenvalue weighted by Crippen LogP contribution is 2.43. The van der Waals surface area contributed by atoms with E-state index in [1.807, 2.05) is 0 Å². The first-order valence-electron chi connectivity index (χ1n) is 7.27. The Morgan fingerprint density at radius 3 is 2.81 bits per heavy atom. The molecule has 2 aliphatic rings. The van der Waals surface area contributed by atoms with Crippen LogP contribution in [0.1, 0.15) is 58.8 Å². The third kappa shape index (κ3) is 2.68. The number of rotatable bonds is 7. The molecule has 4 unspecified atom stereocenters. The van der Waals surface area contributed by atoms with Crippen molar-refractivity contribution in [2.24, 2.45) is 11.8 Å². The maximum Gasteiger partial charge on any atom is 0.0138 e. The van der Waals surface area contributed by atoms with Gasteiger partial charge in [-0.2, -0.15) is 0 Å². The Hall–Kier alpha value is -0.300. The summed E-state index contributed by atoms with van der Waals surface area (Å²) in [5.74, 6) is 1.87. The van der Waals surface area contributed by atoms with Gasteiger partial charge in [0.1, 0.15) is 0 Å². The summed E-state index contributed by atoms with van der Waals surface area (Å²) in [6.07, 6.45) is 14.4. The second kappa shape index (κ2) is 5.86. The number of allylic oxidation sites excluding steroid dienone is 1. The molecule has 1 heteroatoms. The Bertz CT molecular complexity index is 234. The molecule has 4 atom stereocenters. The first-order valence-corrected chi connectivity index (χ1v) is 7.27. The molecular formula is C15H27N. The highest BCUT2D eigenvalue weighted by Gasteiger charge is 2.41. The monoisotopic (exact) mass is 221 g/mol. The molecule has 16 heavy (non-hydrogen) atoms. The minimum atomic E-state index is 0.782. The van der Waals surface area contributed by atoms with Crippen LogP contribution in [0.25, 0.3) is 0 Å². The minimum absolute atomic E-state index is 0.782. The fourth-order valence-corrected chi connectivity index (χ4v) is 3.32. The van der Waals surface area contributed by atoms with E-state index in [2.05, 4.69) is 31.3 Å². The SMILES string of the molecule is CCCCC(CCC)NC1CC2CC=CC21. The molecule has 2 aliphatic carbocycles. The van der Waals surface area contributed by atoms with Crippen LogP contribution in [-0.2, 0) is 0 Å². The lowest BCUT2D eigenvalue weighted by Crippen LogP contribution is -2.51. The van der Waals surface area contributed by atoms with Gasteiger partial charge in [0.2, 0.25) is 0 Å². The minimum Gasteiger partial charge on any atom is -0.311 e. The van der Waals surface area contributed by atoms with Crippen molar-refractivity contribution < 1.29 is 0 Å². The molecule has 1 nitrogen and oxygen atoms in total. The molecule has 0 aromatic carbocycles. The predicted molar refractivity (Wildman–Crippen MR) is 70.5 cm³/mol. The average Bonchev–Trinajstić information content (AvgIpc) is 2.64. The molecule has 2 rings (SSSR count). The van der Waals surface area contributed by atoms with E-state index in [4.69, 9.17) is 0 Å². The van der Waals surface area contributed by atoms with E-state index < -0.39 is 0 Å². The summed E-state index contributed by atoms with van der Waals surface area (Å²) in [5.41, 5.74) is 0. The van der Waals surface area contributed by atoms with Gasteiger partial charge in [-0.3, -0.25) is 0 Å². The molecule has 92 valence electrons. The van der Waals surface area contributed by atoms with Gasteiger partial charge in [-0.1, -0.05) is 45.3 Å². The predicted octanol–water partition coefficient (Wildman–Crippen LogP) is 3.90. The molecular weight excluding hydrogens is 194 g/mol. The van der Waals surface area contributed by atoms with Crippen LogP contribution in [0.4, 0.5) is 0 Å². The molecule has 0 heterocycles. The summed E-state index contributed by atoms with van der Waals surface area (Å²) < 4.78 is 0. The Kier molecular flexibility index (Phi) is 4.45. The second-order valence-electron chi connectivity index (χ2n) is 5.64. The maximum absolute atomic E-state index is 3.91. The molecule has 0 spiro atoms. The Morgan fingerprint density at radius 2 is 2.12 bits per heavy atom. The largest absolute Gasteiger partial charge is 0.311 e. The maximum atomic E-state index is 3.91. The first kappa shape index (κ1) is 12.2. The summed E-state index contributed by atoms with van der Waals surface area (Å²) in [7, 11) is 0. The van der Waals surface area contributed by atoms with Crippen LogP contribution in [-0.4, -0.2) is 12.1 Å². The van der Waals surface area contributed by atoms with Crippen molar-refractivity contribution in [3.63, 3.8) is 0 Å². The van der Waals surface area contributed by atoms with Gasteiger partial charge in [0.15, 0.2) is 0 Å². The lowest BCUT2D eigenvalue weighted by molar-refractivity contribution is 0.145. The lowest BCUT2D eigenvalue weighted by atomic mass is 9.71. The van der Waals surface area contributed by atoms with E-state index in [1.165, 1.54) is 44.9 Å². The van der Waals surface area contributed by atoms with Gasteiger partial charge >= 0.3 is 0 Å². The van der Waals surface area contributed by atoms with Gasteiger partial charge in [-0.05, 0) is 37.5 Å². The van der Waals surface area contributed by atoms with Crippen molar-refractivity contribution in [2.75, 3.05) is 0 Å². The van der Waals surface area contributed by atoms with Crippen LogP contribution in [0, 0.1) is 11.8 Å². The third-order valence-corrected chi connectivity index (χ3v) is 4.36. The van der Waals surface area contributed by atoms with E-state index in [0.29, 0.717) is 0 Å². The smallest absolute Gasteiger partial charge is 0.0138 e. The number of hydrogen-bond donors (Lipinski definition) is 1. The Labute approximate surface area is 101 Å². The zero-order valence-electron chi connectivity index (χ0n) is 10.9. The van der Waals surface area contributed by atoms with E-state index in [-0.39, 0.29) is 0 Å². The number of unbranched alkanes of at least 4 members (excludes halogenated alkanes) is 1. The van der Waals surface area contributed by atoms with E-state index >= 15 is 0 Å². The second-order valence-corrected chi connectivity index (χ2v) is 5.64. The van der Waals surface area contributed by atoms with Crippen molar-refractivity contribution in [3.8, 4) is 0 Å². The fourth-order valence-electron chi connectivity index (χ4n) is 3.32. The Balaban J connectivity index is 1.74. The van der Waals surface area contributed by atoms with Gasteiger partial charge in [-0.15, -0.1) is 0 Å². The van der Waals surface area contributed by atoms with Crippen molar-refractivity contribution in [1.82, 2.24) is 5.32 Å². The zero-order chi connectivity index (χ0) is 11.4. The summed E-state index contributed by atoms with van der Waals surface area (Å²) in [5, 5.41) is 3.91. The highest BCUT2D eigenvalue weighted by molar-refractivity contribution is 5.13. The van der Waals surface area contributed by atoms with Gasteiger partial charge in [-0.25, -0.2) is 0 Å². The number of fused-ring (bicyclic) bond motifs is 1. The normalized spacial score (nSPS) is 33.5. The Morgan fingerprint density at radius 1 is 1.25 bits per heavy atom. The summed E-state index contributed by atoms with van der Waals surface area (Å²) in [4.78, 5) is 0. The van der Waals surface area contributed by atoms with Gasteiger partial charge in [0.05, 0.1) is 0 Å². The fraction of sp³-hybridized carbons (Fsp3) is 0.867. The third-order valence-electron chi connectivity index (χ3n) is 4.36. The van der Waals surface area contributed by atoms with Gasteiger partial charge < -0.3 is 5.32 Å². The van der Waals surface area contributed by atoms with Crippen LogP contribution < -0.4 is 5.32 Å². The first-order chi connectivity index (χ1) is 7.85. The van der Waals surface area contributed by atoms with E-state index in [0.717, 1.165) is 23.9 Å². The molecule has 0 radical (unpaired) electrons. The molecule has 1 fully saturated rings. The quantitative estimate of drug-likeness (QED) is 0.643. The molecule has 0 aromatic heterocycles. The molecule has 0 saturated heterocycles. The number of hydrogen-bond acceptors (Lipinski definition) is 1. The highest BCUT2D eigenvalue weighted by atomic mass is 15.0. The standard InChI is InChI=1S/C15H27N/c1-3-5-9-13(7-4-2)16-15-11-12-8-6-10-14(12)15/h6,10,12-16H,3-5,7-9,11H2,1-2H3. The molecule has 0 amide bonds. The van der Waals surface area contributed by atoms with Gasteiger partial charge in [0.25, 0.3) is 0 Å². The summed E-state index contributed by atoms with van der Waals surface area (Å²) >= 11 is 0. The van der Waals surface area contributed by atoms with E-state index in [9.17, 15) is 0 Å². The molecule has 1 N–H and O–H groups in total. The van der Waals surface area contributed by atoms with Crippen LogP contribution in [0.5, 0.6) is 0 Å². The lowest BCUT2D eigenvalue weighted by Gasteiger charge is -2.43. The van der Waals surface area contributed by atoms with Gasteiger partial charge in [0, 0.05) is 12.1 Å². The topological polar surface area (TPSA) is 12.0 Å². The van der Waals surface area contributed by atoms with Crippen molar-refractivity contribution in [3.05, 3.63) is 12.2 Å². The zero-order valence-corrected chi connectivity index (χ0v) is 10.9. The summed E-state index contributed by atoms with van der Waals surface area (Å²) in [6, 6.07) is 1.59. The molecule has 0 aliphatic heterocycles. The van der Waals surface area contributed by atoms with Crippen molar-refractivity contribution in [2.45, 2.75) is 70.9 Å². The van der Waals surface area contributed by atoms with E-state index in [1.54, 1.807) is 0 Å². The van der Waals surface area contributed by atoms with Crippen LogP contribution in [0.2, 0.25) is 0 Å². The molecule has 0 bridgehead atoms. The van der Waals surface area contributed by atoms with Crippen LogP contribution in [0.3, 0.4) is 0 Å². The molecule has 0 aromatic rings. The number of nitrogens with one attached hydrogen (secondary N) is 1. The van der Waals surface area contributed by atoms with Crippen molar-refractivity contribution >= 4 is 0 Å². The van der Waals surface area contributed by atoms with Crippen LogP contribution >= 0.6 is 0 Å². The molecule has 1 saturated carbocycles. The van der Waals surface area contributed by atoms with Crippen LogP contribution in [0.15, 0.2) is 12.2 Å². The average molecular weight is 221 g/mol. The summed E-state index contributed by atoms with van der Waals surface area (Å²) in [6.45, 7) is 4.60.